The number of benzene rings is 1. The van der Waals surface area contributed by atoms with E-state index >= 15 is 0 Å². The summed E-state index contributed by atoms with van der Waals surface area (Å²) in [6.45, 7) is 5.21. The third-order valence-corrected chi connectivity index (χ3v) is 4.45. The highest BCUT2D eigenvalue weighted by atomic mass is 16.5. The first-order chi connectivity index (χ1) is 14.1. The summed E-state index contributed by atoms with van der Waals surface area (Å²) in [6, 6.07) is 10.1. The summed E-state index contributed by atoms with van der Waals surface area (Å²) >= 11 is 0. The number of ether oxygens (including phenoxy) is 1. The lowest BCUT2D eigenvalue weighted by molar-refractivity contribution is 0.134. The second-order valence-corrected chi connectivity index (χ2v) is 6.48. The maximum absolute atomic E-state index is 11.8. The van der Waals surface area contributed by atoms with Crippen LogP contribution in [0.3, 0.4) is 0 Å². The third kappa shape index (κ3) is 4.12. The third-order valence-electron chi connectivity index (χ3n) is 4.45. The predicted molar refractivity (Wildman–Crippen MR) is 109 cm³/mol. The van der Waals surface area contributed by atoms with Crippen LogP contribution < -0.4 is 11.0 Å². The number of imidazole rings is 1. The van der Waals surface area contributed by atoms with E-state index in [0.29, 0.717) is 30.8 Å². The molecule has 4 rings (SSSR count). The number of oxazole rings is 1. The van der Waals surface area contributed by atoms with Crippen LogP contribution in [-0.4, -0.2) is 26.1 Å². The first-order valence-corrected chi connectivity index (χ1v) is 9.27. The first kappa shape index (κ1) is 18.7. The van der Waals surface area contributed by atoms with Gasteiger partial charge in [-0.05, 0) is 43.2 Å². The van der Waals surface area contributed by atoms with Crippen molar-refractivity contribution in [2.75, 3.05) is 11.9 Å². The largest absolute Gasteiger partial charge is 0.423 e. The Morgan fingerprint density at radius 3 is 2.93 bits per heavy atom. The van der Waals surface area contributed by atoms with Gasteiger partial charge in [-0.25, -0.2) is 14.8 Å². The zero-order valence-electron chi connectivity index (χ0n) is 16.2. The molecule has 0 radical (unpaired) electrons. The molecule has 0 amide bonds. The van der Waals surface area contributed by atoms with E-state index in [1.165, 1.54) is 4.57 Å². The summed E-state index contributed by atoms with van der Waals surface area (Å²) in [5.41, 5.74) is 3.57. The van der Waals surface area contributed by atoms with Crippen LogP contribution in [0.25, 0.3) is 17.1 Å². The number of pyridine rings is 1. The highest BCUT2D eigenvalue weighted by Crippen LogP contribution is 2.27. The Kier molecular flexibility index (Phi) is 5.26. The second kappa shape index (κ2) is 8.15. The van der Waals surface area contributed by atoms with Gasteiger partial charge in [-0.15, -0.1) is 0 Å². The fourth-order valence-corrected chi connectivity index (χ4v) is 2.90. The van der Waals surface area contributed by atoms with Crippen molar-refractivity contribution in [2.45, 2.75) is 20.5 Å². The van der Waals surface area contributed by atoms with E-state index in [1.807, 2.05) is 32.0 Å². The Bertz CT molecular complexity index is 1170. The van der Waals surface area contributed by atoms with Crippen molar-refractivity contribution in [1.82, 2.24) is 19.5 Å². The summed E-state index contributed by atoms with van der Waals surface area (Å²) in [4.78, 5) is 23.0. The van der Waals surface area contributed by atoms with E-state index < -0.39 is 0 Å². The molecule has 0 bridgehead atoms. The number of anilines is 2. The molecule has 4 aromatic rings. The molecule has 0 unspecified atom stereocenters. The van der Waals surface area contributed by atoms with Crippen LogP contribution in [0.4, 0.5) is 11.7 Å². The Labute approximate surface area is 167 Å². The van der Waals surface area contributed by atoms with Crippen molar-refractivity contribution in [2.24, 2.45) is 0 Å². The minimum Gasteiger partial charge on any atom is -0.423 e. The van der Waals surface area contributed by atoms with Crippen molar-refractivity contribution in [3.63, 3.8) is 0 Å². The van der Waals surface area contributed by atoms with E-state index in [9.17, 15) is 4.79 Å². The van der Waals surface area contributed by atoms with Crippen molar-refractivity contribution >= 4 is 11.7 Å². The molecule has 1 aromatic carbocycles. The molecule has 2 N–H and O–H groups in total. The van der Waals surface area contributed by atoms with Gasteiger partial charge >= 0.3 is 5.69 Å². The number of rotatable bonds is 7. The van der Waals surface area contributed by atoms with Crippen LogP contribution in [0, 0.1) is 6.92 Å². The maximum Gasteiger partial charge on any atom is 0.331 e. The van der Waals surface area contributed by atoms with Gasteiger partial charge in [-0.2, -0.15) is 0 Å². The lowest BCUT2D eigenvalue weighted by Gasteiger charge is -2.09. The van der Waals surface area contributed by atoms with Crippen LogP contribution in [-0.2, 0) is 11.3 Å². The van der Waals surface area contributed by atoms with Gasteiger partial charge in [0.25, 0.3) is 6.01 Å². The Balaban J connectivity index is 1.57. The van der Waals surface area contributed by atoms with Crippen LogP contribution in [0.1, 0.15) is 18.1 Å². The smallest absolute Gasteiger partial charge is 0.331 e. The van der Waals surface area contributed by atoms with Gasteiger partial charge in [0.2, 0.25) is 0 Å². The molecule has 0 aliphatic rings. The van der Waals surface area contributed by atoms with Gasteiger partial charge in [0.15, 0.2) is 5.76 Å². The molecule has 0 atom stereocenters. The first-order valence-electron chi connectivity index (χ1n) is 9.27. The SMILES string of the molecule is CCOCc1ccc(C)c(Nc2ncc(-c3ccnc(-n4cc[nH]c4=O)c3)o2)c1. The number of aryl methyl sites for hydroxylation is 1. The minimum atomic E-state index is -0.253. The summed E-state index contributed by atoms with van der Waals surface area (Å²) < 4.78 is 12.8. The zero-order valence-corrected chi connectivity index (χ0v) is 16.2. The number of hydrogen-bond acceptors (Lipinski definition) is 6. The maximum atomic E-state index is 11.8. The number of hydrogen-bond donors (Lipinski definition) is 2. The highest BCUT2D eigenvalue weighted by molar-refractivity contribution is 5.62. The Morgan fingerprint density at radius 2 is 2.14 bits per heavy atom. The van der Waals surface area contributed by atoms with Crippen LogP contribution in [0.5, 0.6) is 0 Å². The predicted octanol–water partition coefficient (Wildman–Crippen LogP) is 3.80. The summed E-state index contributed by atoms with van der Waals surface area (Å²) in [5.74, 6) is 1.07. The van der Waals surface area contributed by atoms with Gasteiger partial charge in [-0.3, -0.25) is 4.57 Å². The average Bonchev–Trinajstić information content (AvgIpc) is 3.38. The molecule has 0 aliphatic heterocycles. The van der Waals surface area contributed by atoms with Gasteiger partial charge in [-0.1, -0.05) is 12.1 Å². The van der Waals surface area contributed by atoms with Gasteiger partial charge in [0.1, 0.15) is 5.82 Å². The normalized spacial score (nSPS) is 11.0. The lowest BCUT2D eigenvalue weighted by atomic mass is 10.1. The van der Waals surface area contributed by atoms with Crippen molar-refractivity contribution in [3.05, 3.63) is 76.7 Å². The Morgan fingerprint density at radius 1 is 1.24 bits per heavy atom. The van der Waals surface area contributed by atoms with Crippen molar-refractivity contribution in [3.8, 4) is 17.1 Å². The van der Waals surface area contributed by atoms with E-state index in [-0.39, 0.29) is 5.69 Å². The number of H-pyrrole nitrogens is 1. The lowest BCUT2D eigenvalue weighted by Crippen LogP contribution is -2.15. The molecule has 0 saturated heterocycles. The average molecular weight is 391 g/mol. The number of nitrogens with one attached hydrogen (secondary N) is 2. The molecule has 0 fully saturated rings. The molecular weight excluding hydrogens is 370 g/mol. The number of aromatic nitrogens is 4. The van der Waals surface area contributed by atoms with Crippen molar-refractivity contribution < 1.29 is 9.15 Å². The van der Waals surface area contributed by atoms with E-state index in [0.717, 1.165) is 22.4 Å². The Hall–Kier alpha value is -3.65. The summed E-state index contributed by atoms with van der Waals surface area (Å²) in [6.07, 6.45) is 6.46. The molecule has 8 heteroatoms. The van der Waals surface area contributed by atoms with E-state index in [2.05, 4.69) is 20.3 Å². The van der Waals surface area contributed by atoms with Crippen LogP contribution >= 0.6 is 0 Å². The monoisotopic (exact) mass is 391 g/mol. The van der Waals surface area contributed by atoms with Gasteiger partial charge in [0.05, 0.1) is 12.8 Å². The molecule has 0 aliphatic carbocycles. The molecule has 29 heavy (non-hydrogen) atoms. The molecular formula is C21H21N5O3. The van der Waals surface area contributed by atoms with E-state index in [4.69, 9.17) is 9.15 Å². The molecule has 3 aromatic heterocycles. The van der Waals surface area contributed by atoms with E-state index in [1.54, 1.807) is 36.9 Å². The molecule has 3 heterocycles. The fraction of sp³-hybridized carbons (Fsp3) is 0.190. The van der Waals surface area contributed by atoms with Gasteiger partial charge < -0.3 is 19.5 Å². The van der Waals surface area contributed by atoms with Crippen LogP contribution in [0.2, 0.25) is 0 Å². The molecule has 8 nitrogen and oxygen atoms in total. The van der Waals surface area contributed by atoms with Crippen molar-refractivity contribution in [1.29, 1.82) is 0 Å². The quantitative estimate of drug-likeness (QED) is 0.497. The standard InChI is InChI=1S/C21H21N5O3/c1-3-28-13-15-5-4-14(2)17(10-15)25-20-24-12-18(29-20)16-6-7-22-19(11-16)26-9-8-23-21(26)27/h4-12H,3,13H2,1-2H3,(H,23,27)(H,24,25). The molecule has 0 spiro atoms. The molecule has 0 saturated carbocycles. The van der Waals surface area contributed by atoms with Crippen LogP contribution in [0.15, 0.2) is 64.3 Å². The highest BCUT2D eigenvalue weighted by Gasteiger charge is 2.11. The topological polar surface area (TPSA) is 98.0 Å². The second-order valence-electron chi connectivity index (χ2n) is 6.48. The zero-order chi connectivity index (χ0) is 20.2. The summed E-state index contributed by atoms with van der Waals surface area (Å²) in [5, 5.41) is 3.22. The minimum absolute atomic E-state index is 0.253. The number of aromatic amines is 1. The fourth-order valence-electron chi connectivity index (χ4n) is 2.90. The number of nitrogens with zero attached hydrogens (tertiary/aromatic N) is 3. The summed E-state index contributed by atoms with van der Waals surface area (Å²) in [7, 11) is 0. The molecule has 148 valence electrons. The van der Waals surface area contributed by atoms with Gasteiger partial charge in [0, 0.05) is 36.4 Å².